The second-order valence-electron chi connectivity index (χ2n) is 6.16. The molecule has 1 heterocycles. The molecule has 1 aromatic heterocycles. The maximum atomic E-state index is 13.9. The first-order chi connectivity index (χ1) is 13.6. The van der Waals surface area contributed by atoms with Crippen LogP contribution in [0.1, 0.15) is 6.92 Å². The summed E-state index contributed by atoms with van der Waals surface area (Å²) in [6.45, 7) is 4.85. The molecule has 28 heavy (non-hydrogen) atoms. The van der Waals surface area contributed by atoms with Crippen LogP contribution in [-0.4, -0.2) is 47.8 Å². The van der Waals surface area contributed by atoms with Gasteiger partial charge in [-0.25, -0.2) is 13.8 Å². The van der Waals surface area contributed by atoms with Crippen LogP contribution in [0.4, 0.5) is 8.78 Å². The molecule has 7 heteroatoms. The van der Waals surface area contributed by atoms with Gasteiger partial charge in [0.2, 0.25) is 5.89 Å². The van der Waals surface area contributed by atoms with E-state index in [0.717, 1.165) is 30.8 Å². The lowest BCUT2D eigenvalue weighted by Crippen LogP contribution is -2.30. The maximum absolute atomic E-state index is 13.9. The summed E-state index contributed by atoms with van der Waals surface area (Å²) in [6, 6.07) is 10.8. The number of halogens is 2. The smallest absolute Gasteiger partial charge is 0.232 e. The average Bonchev–Trinajstić information content (AvgIpc) is 3.17. The summed E-state index contributed by atoms with van der Waals surface area (Å²) in [5.41, 5.74) is 0.440. The predicted molar refractivity (Wildman–Crippen MR) is 102 cm³/mol. The Balaban J connectivity index is 1.65. The molecule has 0 amide bonds. The Hall–Kier alpha value is -2.77. The first-order valence-electron chi connectivity index (χ1n) is 9.09. The van der Waals surface area contributed by atoms with E-state index in [9.17, 15) is 8.78 Å². The van der Waals surface area contributed by atoms with E-state index in [1.54, 1.807) is 24.3 Å². The van der Waals surface area contributed by atoms with Crippen LogP contribution in [0.3, 0.4) is 0 Å². The van der Waals surface area contributed by atoms with Crippen molar-refractivity contribution < 1.29 is 23.0 Å². The van der Waals surface area contributed by atoms with Gasteiger partial charge in [-0.3, -0.25) is 4.90 Å². The van der Waals surface area contributed by atoms with E-state index in [4.69, 9.17) is 14.3 Å². The second kappa shape index (κ2) is 9.43. The molecule has 5 nitrogen and oxygen atoms in total. The van der Waals surface area contributed by atoms with Gasteiger partial charge >= 0.3 is 0 Å². The van der Waals surface area contributed by atoms with Crippen LogP contribution in [-0.2, 0) is 0 Å². The molecule has 0 bridgehead atoms. The maximum Gasteiger partial charge on any atom is 0.232 e. The van der Waals surface area contributed by atoms with E-state index < -0.39 is 11.6 Å². The SMILES string of the molecule is CCN(CCO)CCOc1ccc(-c2cnc(-c3c(F)cccc3F)o2)cc1. The van der Waals surface area contributed by atoms with Crippen molar-refractivity contribution in [3.05, 3.63) is 60.3 Å². The third kappa shape index (κ3) is 4.74. The lowest BCUT2D eigenvalue weighted by atomic mass is 10.2. The molecule has 0 saturated carbocycles. The molecule has 0 unspecified atom stereocenters. The summed E-state index contributed by atoms with van der Waals surface area (Å²) in [7, 11) is 0. The van der Waals surface area contributed by atoms with Gasteiger partial charge in [0.1, 0.15) is 29.6 Å². The highest BCUT2D eigenvalue weighted by atomic mass is 19.1. The quantitative estimate of drug-likeness (QED) is 0.601. The Morgan fingerprint density at radius 2 is 1.79 bits per heavy atom. The second-order valence-corrected chi connectivity index (χ2v) is 6.16. The normalized spacial score (nSPS) is 11.2. The highest BCUT2D eigenvalue weighted by molar-refractivity contribution is 5.62. The molecular formula is C21H22F2N2O3. The number of hydrogen-bond acceptors (Lipinski definition) is 5. The van der Waals surface area contributed by atoms with Gasteiger partial charge in [0.05, 0.1) is 12.8 Å². The van der Waals surface area contributed by atoms with Crippen LogP contribution in [0.5, 0.6) is 5.75 Å². The zero-order chi connectivity index (χ0) is 19.9. The fourth-order valence-electron chi connectivity index (χ4n) is 2.80. The van der Waals surface area contributed by atoms with Crippen molar-refractivity contribution in [1.29, 1.82) is 0 Å². The third-order valence-electron chi connectivity index (χ3n) is 4.36. The van der Waals surface area contributed by atoms with Crippen molar-refractivity contribution in [2.24, 2.45) is 0 Å². The van der Waals surface area contributed by atoms with Gasteiger partial charge in [-0.15, -0.1) is 0 Å². The number of benzene rings is 2. The summed E-state index contributed by atoms with van der Waals surface area (Å²) >= 11 is 0. The third-order valence-corrected chi connectivity index (χ3v) is 4.36. The topological polar surface area (TPSA) is 58.7 Å². The molecule has 2 aromatic carbocycles. The average molecular weight is 388 g/mol. The summed E-state index contributed by atoms with van der Waals surface area (Å²) in [5, 5.41) is 8.99. The summed E-state index contributed by atoms with van der Waals surface area (Å²) < 4.78 is 39.0. The van der Waals surface area contributed by atoms with Gasteiger partial charge < -0.3 is 14.3 Å². The Labute approximate surface area is 162 Å². The number of aromatic nitrogens is 1. The van der Waals surface area contributed by atoms with Crippen molar-refractivity contribution in [2.75, 3.05) is 32.8 Å². The summed E-state index contributed by atoms with van der Waals surface area (Å²) in [4.78, 5) is 6.09. The molecule has 0 fully saturated rings. The number of rotatable bonds is 9. The molecule has 0 aliphatic rings. The Kier molecular flexibility index (Phi) is 6.73. The van der Waals surface area contributed by atoms with Crippen molar-refractivity contribution in [2.45, 2.75) is 6.92 Å². The highest BCUT2D eigenvalue weighted by Gasteiger charge is 2.17. The van der Waals surface area contributed by atoms with Crippen molar-refractivity contribution >= 4 is 0 Å². The Morgan fingerprint density at radius 3 is 2.43 bits per heavy atom. The molecule has 0 spiro atoms. The summed E-state index contributed by atoms with van der Waals surface area (Å²) in [6.07, 6.45) is 1.44. The fourth-order valence-corrected chi connectivity index (χ4v) is 2.80. The van der Waals surface area contributed by atoms with Crippen molar-refractivity contribution in [3.63, 3.8) is 0 Å². The van der Waals surface area contributed by atoms with E-state index in [2.05, 4.69) is 9.88 Å². The van der Waals surface area contributed by atoms with Gasteiger partial charge in [0.15, 0.2) is 5.76 Å². The molecule has 0 atom stereocenters. The minimum atomic E-state index is -0.723. The molecule has 0 aliphatic heterocycles. The van der Waals surface area contributed by atoms with Gasteiger partial charge in [0.25, 0.3) is 0 Å². The number of ether oxygens (including phenoxy) is 1. The number of likely N-dealkylation sites (N-methyl/N-ethyl adjacent to an activating group) is 1. The van der Waals surface area contributed by atoms with E-state index in [-0.39, 0.29) is 18.1 Å². The predicted octanol–water partition coefficient (Wildman–Crippen LogP) is 3.98. The van der Waals surface area contributed by atoms with Crippen molar-refractivity contribution in [3.8, 4) is 28.5 Å². The molecule has 3 aromatic rings. The number of oxazole rings is 1. The lowest BCUT2D eigenvalue weighted by molar-refractivity contribution is 0.174. The van der Waals surface area contributed by atoms with E-state index in [0.29, 0.717) is 24.7 Å². The van der Waals surface area contributed by atoms with Crippen molar-refractivity contribution in [1.82, 2.24) is 9.88 Å². The van der Waals surface area contributed by atoms with Gasteiger partial charge in [-0.05, 0) is 42.9 Å². The highest BCUT2D eigenvalue weighted by Crippen LogP contribution is 2.30. The Morgan fingerprint density at radius 1 is 1.07 bits per heavy atom. The molecule has 0 radical (unpaired) electrons. The first-order valence-corrected chi connectivity index (χ1v) is 9.09. The minimum Gasteiger partial charge on any atom is -0.492 e. The molecular weight excluding hydrogens is 366 g/mol. The van der Waals surface area contributed by atoms with Crippen LogP contribution < -0.4 is 4.74 Å². The van der Waals surface area contributed by atoms with Crippen LogP contribution in [0.25, 0.3) is 22.8 Å². The van der Waals surface area contributed by atoms with Crippen LogP contribution >= 0.6 is 0 Å². The monoisotopic (exact) mass is 388 g/mol. The minimum absolute atomic E-state index is 0.102. The number of nitrogens with zero attached hydrogens (tertiary/aromatic N) is 2. The standard InChI is InChI=1S/C21H22F2N2O3/c1-2-25(10-12-26)11-13-27-16-8-6-15(7-9-16)19-14-24-21(28-19)20-17(22)4-3-5-18(20)23/h3-9,14,26H,2,10-13H2,1H3. The van der Waals surface area contributed by atoms with E-state index >= 15 is 0 Å². The van der Waals surface area contributed by atoms with Gasteiger partial charge in [-0.1, -0.05) is 13.0 Å². The lowest BCUT2D eigenvalue weighted by Gasteiger charge is -2.19. The Bertz CT molecular complexity index is 877. The molecule has 0 aliphatic carbocycles. The fraction of sp³-hybridized carbons (Fsp3) is 0.286. The zero-order valence-corrected chi connectivity index (χ0v) is 15.6. The molecule has 148 valence electrons. The van der Waals surface area contributed by atoms with E-state index in [1.165, 1.54) is 12.3 Å². The number of aliphatic hydroxyl groups is 1. The molecule has 3 rings (SSSR count). The molecule has 0 saturated heterocycles. The van der Waals surface area contributed by atoms with Crippen LogP contribution in [0.2, 0.25) is 0 Å². The van der Waals surface area contributed by atoms with Crippen LogP contribution in [0, 0.1) is 11.6 Å². The number of aliphatic hydroxyl groups excluding tert-OH is 1. The molecule has 1 N–H and O–H groups in total. The van der Waals surface area contributed by atoms with Gasteiger partial charge in [0, 0.05) is 18.7 Å². The van der Waals surface area contributed by atoms with Crippen LogP contribution in [0.15, 0.2) is 53.1 Å². The first kappa shape index (κ1) is 20.0. The number of hydrogen-bond donors (Lipinski definition) is 1. The summed E-state index contributed by atoms with van der Waals surface area (Å²) in [5.74, 6) is -0.443. The largest absolute Gasteiger partial charge is 0.492 e. The zero-order valence-electron chi connectivity index (χ0n) is 15.6. The van der Waals surface area contributed by atoms with E-state index in [1.807, 2.05) is 6.92 Å². The van der Waals surface area contributed by atoms with Gasteiger partial charge in [-0.2, -0.15) is 0 Å².